The minimum Gasteiger partial charge on any atom is -0.480 e. The van der Waals surface area contributed by atoms with Crippen molar-refractivity contribution in [3.8, 4) is 0 Å². The molecule has 23 heavy (non-hydrogen) atoms. The van der Waals surface area contributed by atoms with Crippen LogP contribution in [-0.2, 0) is 9.53 Å². The SMILES string of the molecule is CC(C)(C)OC(=O)NCCCCC(N)CN1CCC[C@H]1C(=O)O. The van der Waals surface area contributed by atoms with Crippen LogP contribution in [0.25, 0.3) is 0 Å². The number of carbonyl (C=O) groups is 2. The molecule has 7 nitrogen and oxygen atoms in total. The fourth-order valence-electron chi connectivity index (χ4n) is 2.75. The molecule has 0 bridgehead atoms. The normalized spacial score (nSPS) is 20.3. The zero-order valence-electron chi connectivity index (χ0n) is 14.5. The van der Waals surface area contributed by atoms with Crippen LogP contribution in [0.3, 0.4) is 0 Å². The molecule has 0 aliphatic carbocycles. The molecule has 1 saturated heterocycles. The van der Waals surface area contributed by atoms with Gasteiger partial charge in [-0.05, 0) is 53.0 Å². The van der Waals surface area contributed by atoms with Gasteiger partial charge in [-0.15, -0.1) is 0 Å². The number of carbonyl (C=O) groups excluding carboxylic acids is 1. The number of alkyl carbamates (subject to hydrolysis) is 1. The first-order chi connectivity index (χ1) is 10.7. The van der Waals surface area contributed by atoms with Crippen molar-refractivity contribution >= 4 is 12.1 Å². The third-order valence-corrected chi connectivity index (χ3v) is 3.79. The fourth-order valence-corrected chi connectivity index (χ4v) is 2.75. The highest BCUT2D eigenvalue weighted by molar-refractivity contribution is 5.73. The molecule has 134 valence electrons. The summed E-state index contributed by atoms with van der Waals surface area (Å²) < 4.78 is 5.15. The number of unbranched alkanes of at least 4 members (excludes halogenated alkanes) is 1. The standard InChI is InChI=1S/C16H31N3O4/c1-16(2,3)23-15(22)18-9-5-4-7-12(17)11-19-10-6-8-13(19)14(20)21/h12-13H,4-11,17H2,1-3H3,(H,18,22)(H,20,21)/t12?,13-/m0/s1. The summed E-state index contributed by atoms with van der Waals surface area (Å²) in [6.45, 7) is 7.47. The third kappa shape index (κ3) is 8.18. The van der Waals surface area contributed by atoms with Crippen molar-refractivity contribution in [1.82, 2.24) is 10.2 Å². The largest absolute Gasteiger partial charge is 0.480 e. The van der Waals surface area contributed by atoms with E-state index in [2.05, 4.69) is 5.32 Å². The van der Waals surface area contributed by atoms with Crippen LogP contribution in [0, 0.1) is 0 Å². The van der Waals surface area contributed by atoms with Gasteiger partial charge in [-0.25, -0.2) is 4.79 Å². The van der Waals surface area contributed by atoms with Crippen molar-refractivity contribution < 1.29 is 19.4 Å². The van der Waals surface area contributed by atoms with Crippen molar-refractivity contribution in [2.45, 2.75) is 70.6 Å². The van der Waals surface area contributed by atoms with Crippen LogP contribution >= 0.6 is 0 Å². The van der Waals surface area contributed by atoms with Gasteiger partial charge < -0.3 is 20.9 Å². The lowest BCUT2D eigenvalue weighted by molar-refractivity contribution is -0.142. The summed E-state index contributed by atoms with van der Waals surface area (Å²) >= 11 is 0. The Morgan fingerprint density at radius 3 is 2.70 bits per heavy atom. The summed E-state index contributed by atoms with van der Waals surface area (Å²) in [5, 5.41) is 11.9. The van der Waals surface area contributed by atoms with Gasteiger partial charge in [0.1, 0.15) is 11.6 Å². The summed E-state index contributed by atoms with van der Waals surface area (Å²) in [5.41, 5.74) is 5.61. The number of nitrogens with one attached hydrogen (secondary N) is 1. The summed E-state index contributed by atoms with van der Waals surface area (Å²) in [5.74, 6) is -0.753. The molecule has 0 spiro atoms. The summed E-state index contributed by atoms with van der Waals surface area (Å²) in [7, 11) is 0. The van der Waals surface area contributed by atoms with Crippen molar-refractivity contribution in [1.29, 1.82) is 0 Å². The Balaban J connectivity index is 2.11. The van der Waals surface area contributed by atoms with E-state index in [0.29, 0.717) is 19.5 Å². The van der Waals surface area contributed by atoms with E-state index in [9.17, 15) is 9.59 Å². The van der Waals surface area contributed by atoms with E-state index < -0.39 is 17.7 Å². The molecule has 1 aliphatic rings. The van der Waals surface area contributed by atoms with Crippen LogP contribution in [0.1, 0.15) is 52.9 Å². The maximum Gasteiger partial charge on any atom is 0.407 e. The van der Waals surface area contributed by atoms with Crippen molar-refractivity contribution in [2.75, 3.05) is 19.6 Å². The quantitative estimate of drug-likeness (QED) is 0.584. The molecule has 0 aromatic rings. The van der Waals surface area contributed by atoms with Crippen molar-refractivity contribution in [3.63, 3.8) is 0 Å². The summed E-state index contributed by atoms with van der Waals surface area (Å²) in [6.07, 6.45) is 3.77. The van der Waals surface area contributed by atoms with Crippen LogP contribution in [0.5, 0.6) is 0 Å². The molecule has 0 aromatic carbocycles. The van der Waals surface area contributed by atoms with E-state index in [1.807, 2.05) is 25.7 Å². The molecule has 1 unspecified atom stereocenters. The van der Waals surface area contributed by atoms with E-state index in [1.54, 1.807) is 0 Å². The fraction of sp³-hybridized carbons (Fsp3) is 0.875. The Morgan fingerprint density at radius 2 is 2.09 bits per heavy atom. The second-order valence-electron chi connectivity index (χ2n) is 7.18. The van der Waals surface area contributed by atoms with E-state index in [0.717, 1.165) is 32.2 Å². The zero-order valence-corrected chi connectivity index (χ0v) is 14.5. The lowest BCUT2D eigenvalue weighted by Gasteiger charge is -2.24. The van der Waals surface area contributed by atoms with Crippen LogP contribution in [0.4, 0.5) is 4.79 Å². The number of hydrogen-bond acceptors (Lipinski definition) is 5. The molecule has 1 fully saturated rings. The second kappa shape index (κ2) is 9.08. The first-order valence-electron chi connectivity index (χ1n) is 8.38. The third-order valence-electron chi connectivity index (χ3n) is 3.79. The summed E-state index contributed by atoms with van der Waals surface area (Å²) in [4.78, 5) is 24.6. The number of hydrogen-bond donors (Lipinski definition) is 3. The Hall–Kier alpha value is -1.34. The number of amides is 1. The van der Waals surface area contributed by atoms with Crippen LogP contribution in [0.15, 0.2) is 0 Å². The average molecular weight is 329 g/mol. The molecule has 1 rings (SSSR count). The van der Waals surface area contributed by atoms with Gasteiger partial charge in [0.15, 0.2) is 0 Å². The topological polar surface area (TPSA) is 105 Å². The monoisotopic (exact) mass is 329 g/mol. The number of rotatable bonds is 8. The lowest BCUT2D eigenvalue weighted by Crippen LogP contribution is -2.43. The van der Waals surface area contributed by atoms with Crippen LogP contribution < -0.4 is 11.1 Å². The molecule has 1 aliphatic heterocycles. The first kappa shape index (κ1) is 19.7. The molecular formula is C16H31N3O4. The van der Waals surface area contributed by atoms with E-state index in [4.69, 9.17) is 15.6 Å². The minimum absolute atomic E-state index is 0.0310. The Morgan fingerprint density at radius 1 is 1.39 bits per heavy atom. The van der Waals surface area contributed by atoms with Crippen LogP contribution in [0.2, 0.25) is 0 Å². The highest BCUT2D eigenvalue weighted by Gasteiger charge is 2.30. The van der Waals surface area contributed by atoms with Crippen molar-refractivity contribution in [2.24, 2.45) is 5.73 Å². The molecule has 4 N–H and O–H groups in total. The second-order valence-corrected chi connectivity index (χ2v) is 7.18. The average Bonchev–Trinajstić information content (AvgIpc) is 2.84. The maximum atomic E-state index is 11.5. The maximum absolute atomic E-state index is 11.5. The molecular weight excluding hydrogens is 298 g/mol. The molecule has 0 saturated carbocycles. The van der Waals surface area contributed by atoms with Gasteiger partial charge in [-0.2, -0.15) is 0 Å². The Bertz CT molecular complexity index is 395. The first-order valence-corrected chi connectivity index (χ1v) is 8.38. The van der Waals surface area contributed by atoms with Gasteiger partial charge in [0.05, 0.1) is 0 Å². The number of aliphatic carboxylic acids is 1. The number of carboxylic acid groups (broad SMARTS) is 1. The van der Waals surface area contributed by atoms with Gasteiger partial charge in [-0.1, -0.05) is 6.42 Å². The van der Waals surface area contributed by atoms with Gasteiger partial charge in [0, 0.05) is 19.1 Å². The minimum atomic E-state index is -0.753. The molecule has 2 atom stereocenters. The molecule has 1 amide bonds. The van der Waals surface area contributed by atoms with Crippen molar-refractivity contribution in [3.05, 3.63) is 0 Å². The van der Waals surface area contributed by atoms with Gasteiger partial charge in [-0.3, -0.25) is 9.69 Å². The molecule has 7 heteroatoms. The molecule has 1 heterocycles. The zero-order chi connectivity index (χ0) is 17.5. The predicted molar refractivity (Wildman–Crippen MR) is 88.3 cm³/mol. The van der Waals surface area contributed by atoms with Crippen LogP contribution in [-0.4, -0.2) is 59.4 Å². The van der Waals surface area contributed by atoms with Gasteiger partial charge in [0.25, 0.3) is 0 Å². The van der Waals surface area contributed by atoms with E-state index in [-0.39, 0.29) is 12.1 Å². The smallest absolute Gasteiger partial charge is 0.407 e. The number of ether oxygens (including phenoxy) is 1. The molecule has 0 aromatic heterocycles. The van der Waals surface area contributed by atoms with E-state index >= 15 is 0 Å². The Labute approximate surface area is 138 Å². The highest BCUT2D eigenvalue weighted by atomic mass is 16.6. The number of likely N-dealkylation sites (tertiary alicyclic amines) is 1. The van der Waals surface area contributed by atoms with E-state index in [1.165, 1.54) is 0 Å². The highest BCUT2D eigenvalue weighted by Crippen LogP contribution is 2.18. The lowest BCUT2D eigenvalue weighted by atomic mass is 10.1. The number of nitrogens with two attached hydrogens (primary N) is 1. The molecule has 0 radical (unpaired) electrons. The van der Waals surface area contributed by atoms with Gasteiger partial charge >= 0.3 is 12.1 Å². The Kier molecular flexibility index (Phi) is 7.78. The summed E-state index contributed by atoms with van der Waals surface area (Å²) in [6, 6.07) is -0.411. The van der Waals surface area contributed by atoms with Gasteiger partial charge in [0.2, 0.25) is 0 Å². The predicted octanol–water partition coefficient (Wildman–Crippen LogP) is 1.56. The number of nitrogens with zero attached hydrogens (tertiary/aromatic N) is 1. The number of carboxylic acids is 1.